The van der Waals surface area contributed by atoms with E-state index in [1.807, 2.05) is 48.2 Å². The van der Waals surface area contributed by atoms with Crippen LogP contribution in [0, 0.1) is 18.8 Å². The molecule has 0 radical (unpaired) electrons. The van der Waals surface area contributed by atoms with E-state index in [1.54, 1.807) is 6.20 Å². The van der Waals surface area contributed by atoms with Crippen LogP contribution in [0.5, 0.6) is 0 Å². The van der Waals surface area contributed by atoms with E-state index < -0.39 is 0 Å². The van der Waals surface area contributed by atoms with Gasteiger partial charge in [0, 0.05) is 49.8 Å². The van der Waals surface area contributed by atoms with Crippen LogP contribution in [0.4, 0.5) is 5.82 Å². The summed E-state index contributed by atoms with van der Waals surface area (Å²) in [5.74, 6) is 1.57. The lowest BCUT2D eigenvalue weighted by molar-refractivity contribution is -0.139. The number of pyridine rings is 1. The van der Waals surface area contributed by atoms with Crippen LogP contribution in [-0.4, -0.2) is 58.0 Å². The van der Waals surface area contributed by atoms with Gasteiger partial charge in [0.15, 0.2) is 0 Å². The molecule has 3 aromatic rings. The van der Waals surface area contributed by atoms with Gasteiger partial charge in [0.2, 0.25) is 17.6 Å². The topological polar surface area (TPSA) is 118 Å². The Labute approximate surface area is 204 Å². The molecule has 0 unspecified atom stereocenters. The fourth-order valence-corrected chi connectivity index (χ4v) is 4.95. The first-order chi connectivity index (χ1) is 17.0. The Morgan fingerprint density at radius 3 is 2.34 bits per heavy atom. The molecule has 9 heteroatoms. The van der Waals surface area contributed by atoms with E-state index in [-0.39, 0.29) is 23.7 Å². The number of nitrogens with zero attached hydrogens (tertiary/aromatic N) is 5. The number of hydrogen-bond donors (Lipinski definition) is 1. The quantitative estimate of drug-likeness (QED) is 0.604. The molecule has 2 N–H and O–H groups in total. The van der Waals surface area contributed by atoms with Crippen molar-refractivity contribution in [1.82, 2.24) is 20.0 Å². The fraction of sp³-hybridized carbons (Fsp3) is 0.423. The Morgan fingerprint density at radius 2 is 1.66 bits per heavy atom. The van der Waals surface area contributed by atoms with Gasteiger partial charge in [-0.15, -0.1) is 0 Å². The molecule has 35 heavy (non-hydrogen) atoms. The summed E-state index contributed by atoms with van der Waals surface area (Å²) in [6.07, 6.45) is 4.58. The maximum atomic E-state index is 13.1. The van der Waals surface area contributed by atoms with Gasteiger partial charge in [-0.2, -0.15) is 4.98 Å². The highest BCUT2D eigenvalue weighted by Crippen LogP contribution is 2.32. The third-order valence-electron chi connectivity index (χ3n) is 7.11. The van der Waals surface area contributed by atoms with Gasteiger partial charge < -0.3 is 20.1 Å². The monoisotopic (exact) mass is 474 g/mol. The van der Waals surface area contributed by atoms with Crippen molar-refractivity contribution in [2.24, 2.45) is 17.6 Å². The maximum Gasteiger partial charge on any atom is 0.261 e. The predicted molar refractivity (Wildman–Crippen MR) is 131 cm³/mol. The number of rotatable bonds is 5. The standard InChI is InChI=1S/C26H30N6O3/c1-17-4-6-19(7-5-17)23-29-25(35-30-23)21-3-2-12-28-24(21)31-13-10-20(11-14-31)26(34)32-15-8-18(9-16-32)22(27)33/h2-7,12,18,20H,8-11,13-16H2,1H3,(H2,27,33). The van der Waals surface area contributed by atoms with Crippen molar-refractivity contribution in [3.05, 3.63) is 48.2 Å². The molecule has 0 aliphatic carbocycles. The average Bonchev–Trinajstić information content (AvgIpc) is 3.39. The minimum atomic E-state index is -0.260. The number of benzene rings is 1. The van der Waals surface area contributed by atoms with Crippen molar-refractivity contribution in [3.63, 3.8) is 0 Å². The molecular formula is C26H30N6O3. The molecule has 182 valence electrons. The first-order valence-electron chi connectivity index (χ1n) is 12.2. The highest BCUT2D eigenvalue weighted by molar-refractivity contribution is 5.81. The Balaban J connectivity index is 1.25. The Bertz CT molecular complexity index is 1190. The number of nitrogens with two attached hydrogens (primary N) is 1. The third kappa shape index (κ3) is 4.89. The third-order valence-corrected chi connectivity index (χ3v) is 7.11. The van der Waals surface area contributed by atoms with E-state index in [4.69, 9.17) is 10.3 Å². The molecule has 0 spiro atoms. The summed E-state index contributed by atoms with van der Waals surface area (Å²) in [5, 5.41) is 4.17. The first-order valence-corrected chi connectivity index (χ1v) is 12.2. The summed E-state index contributed by atoms with van der Waals surface area (Å²) in [7, 11) is 0. The molecule has 0 saturated carbocycles. The van der Waals surface area contributed by atoms with Crippen LogP contribution in [0.1, 0.15) is 31.2 Å². The molecular weight excluding hydrogens is 444 g/mol. The van der Waals surface area contributed by atoms with Gasteiger partial charge >= 0.3 is 0 Å². The van der Waals surface area contributed by atoms with Gasteiger partial charge in [0.1, 0.15) is 5.82 Å². The number of aryl methyl sites for hydroxylation is 1. The van der Waals surface area contributed by atoms with Crippen molar-refractivity contribution in [2.45, 2.75) is 32.6 Å². The molecule has 2 saturated heterocycles. The van der Waals surface area contributed by atoms with Crippen molar-refractivity contribution < 1.29 is 14.1 Å². The second kappa shape index (κ2) is 9.85. The van der Waals surface area contributed by atoms with E-state index in [2.05, 4.69) is 20.0 Å². The van der Waals surface area contributed by atoms with Crippen LogP contribution < -0.4 is 10.6 Å². The summed E-state index contributed by atoms with van der Waals surface area (Å²) >= 11 is 0. The average molecular weight is 475 g/mol. The van der Waals surface area contributed by atoms with Crippen molar-refractivity contribution in [3.8, 4) is 22.8 Å². The summed E-state index contributed by atoms with van der Waals surface area (Å²) in [6, 6.07) is 11.8. The molecule has 2 fully saturated rings. The molecule has 5 rings (SSSR count). The Morgan fingerprint density at radius 1 is 0.971 bits per heavy atom. The number of likely N-dealkylation sites (tertiary alicyclic amines) is 1. The zero-order chi connectivity index (χ0) is 24.4. The number of hydrogen-bond acceptors (Lipinski definition) is 7. The number of piperidine rings is 2. The van der Waals surface area contributed by atoms with Crippen LogP contribution in [0.15, 0.2) is 47.1 Å². The van der Waals surface area contributed by atoms with Crippen molar-refractivity contribution >= 4 is 17.6 Å². The summed E-state index contributed by atoms with van der Waals surface area (Å²) in [5.41, 5.74) is 8.28. The number of amides is 2. The van der Waals surface area contributed by atoms with Gasteiger partial charge in [0.25, 0.3) is 5.89 Å². The summed E-state index contributed by atoms with van der Waals surface area (Å²) in [4.78, 5) is 37.8. The largest absolute Gasteiger partial charge is 0.369 e. The molecule has 2 aliphatic heterocycles. The normalized spacial score (nSPS) is 17.5. The van der Waals surface area contributed by atoms with E-state index in [0.717, 1.165) is 42.9 Å². The summed E-state index contributed by atoms with van der Waals surface area (Å²) in [6.45, 7) is 4.69. The van der Waals surface area contributed by atoms with Gasteiger partial charge in [0.05, 0.1) is 5.56 Å². The summed E-state index contributed by atoms with van der Waals surface area (Å²) < 4.78 is 5.61. The molecule has 4 heterocycles. The molecule has 2 amide bonds. The molecule has 2 aromatic heterocycles. The second-order valence-corrected chi connectivity index (χ2v) is 9.43. The zero-order valence-corrected chi connectivity index (χ0v) is 19.9. The first kappa shape index (κ1) is 23.0. The highest BCUT2D eigenvalue weighted by atomic mass is 16.5. The van der Waals surface area contributed by atoms with E-state index in [9.17, 15) is 9.59 Å². The Kier molecular flexibility index (Phi) is 6.48. The minimum absolute atomic E-state index is 0.0138. The minimum Gasteiger partial charge on any atom is -0.369 e. The lowest BCUT2D eigenvalue weighted by Gasteiger charge is -2.37. The maximum absolute atomic E-state index is 13.1. The van der Waals surface area contributed by atoms with Gasteiger partial charge in [-0.25, -0.2) is 4.98 Å². The van der Waals surface area contributed by atoms with E-state index >= 15 is 0 Å². The number of primary amides is 1. The van der Waals surface area contributed by atoms with Crippen LogP contribution in [0.25, 0.3) is 22.8 Å². The van der Waals surface area contributed by atoms with Crippen molar-refractivity contribution in [1.29, 1.82) is 0 Å². The Hall–Kier alpha value is -3.75. The van der Waals surface area contributed by atoms with Gasteiger partial charge in [-0.3, -0.25) is 9.59 Å². The highest BCUT2D eigenvalue weighted by Gasteiger charge is 2.33. The number of carbonyl (C=O) groups excluding carboxylic acids is 2. The molecule has 1 aromatic carbocycles. The number of carbonyl (C=O) groups is 2. The molecule has 0 atom stereocenters. The van der Waals surface area contributed by atoms with E-state index in [0.29, 0.717) is 37.6 Å². The van der Waals surface area contributed by atoms with Crippen molar-refractivity contribution in [2.75, 3.05) is 31.1 Å². The molecule has 9 nitrogen and oxygen atoms in total. The molecule has 2 aliphatic rings. The van der Waals surface area contributed by atoms with E-state index in [1.165, 1.54) is 5.56 Å². The fourth-order valence-electron chi connectivity index (χ4n) is 4.95. The smallest absolute Gasteiger partial charge is 0.261 e. The van der Waals surface area contributed by atoms with Gasteiger partial charge in [-0.1, -0.05) is 35.0 Å². The van der Waals surface area contributed by atoms with Gasteiger partial charge in [-0.05, 0) is 44.7 Å². The van der Waals surface area contributed by atoms with Crippen LogP contribution in [-0.2, 0) is 9.59 Å². The van der Waals surface area contributed by atoms with Crippen LogP contribution in [0.2, 0.25) is 0 Å². The van der Waals surface area contributed by atoms with Crippen LogP contribution in [0.3, 0.4) is 0 Å². The molecule has 0 bridgehead atoms. The lowest BCUT2D eigenvalue weighted by atomic mass is 9.91. The van der Waals surface area contributed by atoms with Crippen LogP contribution >= 0.6 is 0 Å². The lowest BCUT2D eigenvalue weighted by Crippen LogP contribution is -2.47. The SMILES string of the molecule is Cc1ccc(-c2noc(-c3cccnc3N3CCC(C(=O)N4CCC(C(N)=O)CC4)CC3)n2)cc1. The second-order valence-electron chi connectivity index (χ2n) is 9.43. The number of aromatic nitrogens is 3. The predicted octanol–water partition coefficient (Wildman–Crippen LogP) is 3.05. The number of anilines is 1. The zero-order valence-electron chi connectivity index (χ0n) is 19.9.